The first-order chi connectivity index (χ1) is 11.7. The lowest BCUT2D eigenvalue weighted by molar-refractivity contribution is 0.273. The van der Waals surface area contributed by atoms with Gasteiger partial charge in [0.25, 0.3) is 0 Å². The molecule has 1 fully saturated rings. The number of ether oxygens (including phenoxy) is 2. The number of rotatable bonds is 6. The summed E-state index contributed by atoms with van der Waals surface area (Å²) in [7, 11) is 3.32. The molecule has 134 valence electrons. The molecule has 0 saturated carbocycles. The number of hydrogen-bond acceptors (Lipinski definition) is 3. The normalized spacial score (nSPS) is 16.2. The maximum Gasteiger partial charge on any atom is 0.193 e. The number of hydrogen-bond donors (Lipinski definition) is 1. The molecule has 1 aliphatic rings. The molecular weight excluding hydrogens is 302 g/mol. The fourth-order valence-corrected chi connectivity index (χ4v) is 2.97. The van der Waals surface area contributed by atoms with Gasteiger partial charge in [-0.3, -0.25) is 4.99 Å². The van der Waals surface area contributed by atoms with Gasteiger partial charge in [0.15, 0.2) is 17.5 Å². The SMILES string of the molecule is CCNC(=NCCc1ccc(OC)c(OC)c1)N1CCC(C)CC1. The zero-order valence-corrected chi connectivity index (χ0v) is 15.5. The molecule has 1 saturated heterocycles. The van der Waals surface area contributed by atoms with Crippen molar-refractivity contribution in [3.05, 3.63) is 23.8 Å². The Morgan fingerprint density at radius 2 is 1.92 bits per heavy atom. The third-order valence-electron chi connectivity index (χ3n) is 4.53. The van der Waals surface area contributed by atoms with E-state index in [2.05, 4.69) is 30.1 Å². The van der Waals surface area contributed by atoms with Gasteiger partial charge in [-0.05, 0) is 49.8 Å². The molecule has 0 spiro atoms. The van der Waals surface area contributed by atoms with Gasteiger partial charge in [0.05, 0.1) is 14.2 Å². The van der Waals surface area contributed by atoms with Crippen LogP contribution in [0, 0.1) is 5.92 Å². The summed E-state index contributed by atoms with van der Waals surface area (Å²) in [4.78, 5) is 7.20. The predicted molar refractivity (Wildman–Crippen MR) is 99.2 cm³/mol. The Morgan fingerprint density at radius 1 is 1.21 bits per heavy atom. The van der Waals surface area contributed by atoms with Crippen LogP contribution in [-0.4, -0.2) is 51.3 Å². The van der Waals surface area contributed by atoms with E-state index in [1.165, 1.54) is 18.4 Å². The van der Waals surface area contributed by atoms with Gasteiger partial charge in [0.2, 0.25) is 0 Å². The third kappa shape index (κ3) is 5.05. The molecule has 1 heterocycles. The van der Waals surface area contributed by atoms with Crippen LogP contribution in [0.15, 0.2) is 23.2 Å². The summed E-state index contributed by atoms with van der Waals surface area (Å²) in [6.07, 6.45) is 3.39. The fourth-order valence-electron chi connectivity index (χ4n) is 2.97. The topological polar surface area (TPSA) is 46.1 Å². The zero-order chi connectivity index (χ0) is 17.4. The summed E-state index contributed by atoms with van der Waals surface area (Å²) in [5, 5.41) is 3.43. The van der Waals surface area contributed by atoms with Gasteiger partial charge in [-0.25, -0.2) is 0 Å². The van der Waals surface area contributed by atoms with Crippen LogP contribution in [0.5, 0.6) is 11.5 Å². The number of nitrogens with zero attached hydrogens (tertiary/aromatic N) is 2. The molecule has 0 aliphatic carbocycles. The second-order valence-corrected chi connectivity index (χ2v) is 6.34. The molecule has 0 bridgehead atoms. The summed E-state index contributed by atoms with van der Waals surface area (Å²) in [5.41, 5.74) is 1.21. The van der Waals surface area contributed by atoms with E-state index >= 15 is 0 Å². The number of piperidine rings is 1. The summed E-state index contributed by atoms with van der Waals surface area (Å²) < 4.78 is 10.7. The number of methoxy groups -OCH3 is 2. The highest BCUT2D eigenvalue weighted by atomic mass is 16.5. The highest BCUT2D eigenvalue weighted by Gasteiger charge is 2.18. The Balaban J connectivity index is 1.96. The van der Waals surface area contributed by atoms with Crippen molar-refractivity contribution in [1.29, 1.82) is 0 Å². The van der Waals surface area contributed by atoms with Crippen LogP contribution < -0.4 is 14.8 Å². The molecule has 0 amide bonds. The van der Waals surface area contributed by atoms with Crippen molar-refractivity contribution in [1.82, 2.24) is 10.2 Å². The Kier molecular flexibility index (Phi) is 7.22. The van der Waals surface area contributed by atoms with Gasteiger partial charge in [-0.15, -0.1) is 0 Å². The molecule has 1 aromatic carbocycles. The minimum atomic E-state index is 0.764. The maximum absolute atomic E-state index is 5.37. The highest BCUT2D eigenvalue weighted by Crippen LogP contribution is 2.27. The molecule has 0 unspecified atom stereocenters. The van der Waals surface area contributed by atoms with E-state index in [-0.39, 0.29) is 0 Å². The van der Waals surface area contributed by atoms with Crippen LogP contribution in [-0.2, 0) is 6.42 Å². The van der Waals surface area contributed by atoms with Crippen LogP contribution in [0.2, 0.25) is 0 Å². The van der Waals surface area contributed by atoms with E-state index in [4.69, 9.17) is 14.5 Å². The maximum atomic E-state index is 5.37. The average molecular weight is 333 g/mol. The summed E-state index contributed by atoms with van der Waals surface area (Å²) >= 11 is 0. The lowest BCUT2D eigenvalue weighted by Crippen LogP contribution is -2.45. The van der Waals surface area contributed by atoms with E-state index in [1.54, 1.807) is 14.2 Å². The smallest absolute Gasteiger partial charge is 0.193 e. The molecule has 5 nitrogen and oxygen atoms in total. The Morgan fingerprint density at radius 3 is 2.54 bits per heavy atom. The van der Waals surface area contributed by atoms with Gasteiger partial charge in [-0.1, -0.05) is 13.0 Å². The van der Waals surface area contributed by atoms with Gasteiger partial charge >= 0.3 is 0 Å². The van der Waals surface area contributed by atoms with E-state index in [0.29, 0.717) is 0 Å². The first kappa shape index (κ1) is 18.4. The Bertz CT molecular complexity index is 537. The number of nitrogens with one attached hydrogen (secondary N) is 1. The summed E-state index contributed by atoms with van der Waals surface area (Å²) in [6.45, 7) is 8.33. The van der Waals surface area contributed by atoms with Crippen molar-refractivity contribution in [3.8, 4) is 11.5 Å². The molecule has 2 rings (SSSR count). The molecule has 1 N–H and O–H groups in total. The monoisotopic (exact) mass is 333 g/mol. The minimum Gasteiger partial charge on any atom is -0.493 e. The average Bonchev–Trinajstić information content (AvgIpc) is 2.61. The predicted octanol–water partition coefficient (Wildman–Crippen LogP) is 2.94. The standard InChI is InChI=1S/C19H31N3O2/c1-5-20-19(22-12-9-15(2)10-13-22)21-11-8-16-6-7-17(23-3)18(14-16)24-4/h6-7,14-15H,5,8-13H2,1-4H3,(H,20,21). The first-order valence-corrected chi connectivity index (χ1v) is 8.92. The van der Waals surface area contributed by atoms with Gasteiger partial charge in [-0.2, -0.15) is 0 Å². The Labute approximate surface area is 146 Å². The molecule has 0 radical (unpaired) electrons. The second-order valence-electron chi connectivity index (χ2n) is 6.34. The Hall–Kier alpha value is -1.91. The molecule has 0 aromatic heterocycles. The molecule has 24 heavy (non-hydrogen) atoms. The van der Waals surface area contributed by atoms with E-state index < -0.39 is 0 Å². The zero-order valence-electron chi connectivity index (χ0n) is 15.5. The van der Waals surface area contributed by atoms with Gasteiger partial charge in [0.1, 0.15) is 0 Å². The molecular formula is C19H31N3O2. The van der Waals surface area contributed by atoms with E-state index in [1.807, 2.05) is 12.1 Å². The van der Waals surface area contributed by atoms with Crippen LogP contribution in [0.4, 0.5) is 0 Å². The quantitative estimate of drug-likeness (QED) is 0.642. The fraction of sp³-hybridized carbons (Fsp3) is 0.632. The lowest BCUT2D eigenvalue weighted by Gasteiger charge is -2.33. The number of aliphatic imine (C=N–C) groups is 1. The summed E-state index contributed by atoms with van der Waals surface area (Å²) in [5.74, 6) is 3.41. The third-order valence-corrected chi connectivity index (χ3v) is 4.53. The van der Waals surface area contributed by atoms with Crippen LogP contribution >= 0.6 is 0 Å². The minimum absolute atomic E-state index is 0.764. The first-order valence-electron chi connectivity index (χ1n) is 8.92. The lowest BCUT2D eigenvalue weighted by atomic mass is 10.00. The number of likely N-dealkylation sites (tertiary alicyclic amines) is 1. The van der Waals surface area contributed by atoms with Crippen molar-refractivity contribution in [2.24, 2.45) is 10.9 Å². The van der Waals surface area contributed by atoms with Crippen molar-refractivity contribution in [2.45, 2.75) is 33.1 Å². The second kappa shape index (κ2) is 9.40. The molecule has 1 aliphatic heterocycles. The van der Waals surface area contributed by atoms with Crippen molar-refractivity contribution in [3.63, 3.8) is 0 Å². The van der Waals surface area contributed by atoms with Gasteiger partial charge in [0, 0.05) is 26.2 Å². The molecule has 5 heteroatoms. The number of benzene rings is 1. The van der Waals surface area contributed by atoms with E-state index in [0.717, 1.165) is 56.0 Å². The van der Waals surface area contributed by atoms with Crippen LogP contribution in [0.1, 0.15) is 32.3 Å². The summed E-state index contributed by atoms with van der Waals surface area (Å²) in [6, 6.07) is 6.06. The number of guanidine groups is 1. The highest BCUT2D eigenvalue weighted by molar-refractivity contribution is 5.80. The molecule has 1 aromatic rings. The molecule has 0 atom stereocenters. The van der Waals surface area contributed by atoms with Crippen LogP contribution in [0.3, 0.4) is 0 Å². The van der Waals surface area contributed by atoms with Crippen LogP contribution in [0.25, 0.3) is 0 Å². The van der Waals surface area contributed by atoms with Crippen molar-refractivity contribution >= 4 is 5.96 Å². The van der Waals surface area contributed by atoms with Crippen molar-refractivity contribution < 1.29 is 9.47 Å². The van der Waals surface area contributed by atoms with Crippen molar-refractivity contribution in [2.75, 3.05) is 40.4 Å². The van der Waals surface area contributed by atoms with Gasteiger partial charge < -0.3 is 19.7 Å². The largest absolute Gasteiger partial charge is 0.493 e. The van der Waals surface area contributed by atoms with E-state index in [9.17, 15) is 0 Å².